The average Bonchev–Trinajstić information content (AvgIpc) is 2.75. The van der Waals surface area contributed by atoms with E-state index in [0.717, 1.165) is 12.8 Å². The molecule has 0 aromatic heterocycles. The van der Waals surface area contributed by atoms with E-state index >= 15 is 0 Å². The van der Waals surface area contributed by atoms with Gasteiger partial charge in [-0.25, -0.2) is 0 Å². The SMILES string of the molecule is CCCCNC(=O)C1C(=O)N(c2ccccc2)N=C1C. The summed E-state index contributed by atoms with van der Waals surface area (Å²) in [7, 11) is 0. The standard InChI is InChI=1S/C15H19N3O2/c1-3-4-10-16-14(19)13-11(2)17-18(15(13)20)12-8-6-5-7-9-12/h5-9,13H,3-4,10H2,1-2H3,(H,16,19). The number of para-hydroxylation sites is 1. The molecule has 0 fully saturated rings. The Morgan fingerprint density at radius 2 is 2.05 bits per heavy atom. The van der Waals surface area contributed by atoms with Crippen LogP contribution in [-0.4, -0.2) is 24.1 Å². The molecule has 1 unspecified atom stereocenters. The number of unbranched alkanes of at least 4 members (excludes halogenated alkanes) is 1. The van der Waals surface area contributed by atoms with E-state index in [2.05, 4.69) is 17.3 Å². The van der Waals surface area contributed by atoms with E-state index in [1.165, 1.54) is 5.01 Å². The lowest BCUT2D eigenvalue weighted by Gasteiger charge is -2.14. The van der Waals surface area contributed by atoms with Gasteiger partial charge in [0.25, 0.3) is 5.91 Å². The van der Waals surface area contributed by atoms with Crippen molar-refractivity contribution in [1.82, 2.24) is 5.32 Å². The van der Waals surface area contributed by atoms with Gasteiger partial charge < -0.3 is 5.32 Å². The van der Waals surface area contributed by atoms with Gasteiger partial charge in [-0.05, 0) is 25.5 Å². The van der Waals surface area contributed by atoms with E-state index in [9.17, 15) is 9.59 Å². The van der Waals surface area contributed by atoms with Crippen LogP contribution in [0.5, 0.6) is 0 Å². The average molecular weight is 273 g/mol. The largest absolute Gasteiger partial charge is 0.355 e. The number of rotatable bonds is 5. The first-order chi connectivity index (χ1) is 9.65. The van der Waals surface area contributed by atoms with Crippen LogP contribution in [-0.2, 0) is 9.59 Å². The minimum Gasteiger partial charge on any atom is -0.355 e. The Hall–Kier alpha value is -2.17. The van der Waals surface area contributed by atoms with Crippen molar-refractivity contribution >= 4 is 23.2 Å². The Labute approximate surface area is 118 Å². The molecule has 2 amide bonds. The molecule has 0 saturated heterocycles. The van der Waals surface area contributed by atoms with Gasteiger partial charge in [-0.1, -0.05) is 31.5 Å². The number of hydrazone groups is 1. The minimum absolute atomic E-state index is 0.261. The van der Waals surface area contributed by atoms with Gasteiger partial charge in [-0.3, -0.25) is 9.59 Å². The zero-order chi connectivity index (χ0) is 14.5. The third kappa shape index (κ3) is 2.87. The number of hydrogen-bond donors (Lipinski definition) is 1. The predicted molar refractivity (Wildman–Crippen MR) is 78.4 cm³/mol. The van der Waals surface area contributed by atoms with E-state index in [4.69, 9.17) is 0 Å². The fraction of sp³-hybridized carbons (Fsp3) is 0.400. The Morgan fingerprint density at radius 1 is 1.35 bits per heavy atom. The number of benzene rings is 1. The number of nitrogens with one attached hydrogen (secondary N) is 1. The molecule has 106 valence electrons. The van der Waals surface area contributed by atoms with Crippen molar-refractivity contribution < 1.29 is 9.59 Å². The van der Waals surface area contributed by atoms with Crippen LogP contribution in [0.15, 0.2) is 35.4 Å². The van der Waals surface area contributed by atoms with Crippen LogP contribution in [0.2, 0.25) is 0 Å². The molecule has 5 nitrogen and oxygen atoms in total. The molecule has 1 aliphatic rings. The third-order valence-electron chi connectivity index (χ3n) is 3.22. The molecule has 0 saturated carbocycles. The minimum atomic E-state index is -0.799. The van der Waals surface area contributed by atoms with E-state index in [1.807, 2.05) is 18.2 Å². The molecule has 1 aromatic carbocycles. The normalized spacial score (nSPS) is 18.1. The van der Waals surface area contributed by atoms with Gasteiger partial charge >= 0.3 is 0 Å². The number of carbonyl (C=O) groups is 2. The van der Waals surface area contributed by atoms with Crippen molar-refractivity contribution in [3.8, 4) is 0 Å². The molecule has 5 heteroatoms. The number of amides is 2. The summed E-state index contributed by atoms with van der Waals surface area (Å²) < 4.78 is 0. The zero-order valence-electron chi connectivity index (χ0n) is 11.8. The highest BCUT2D eigenvalue weighted by Crippen LogP contribution is 2.23. The number of nitrogens with zero attached hydrogens (tertiary/aromatic N) is 2. The van der Waals surface area contributed by atoms with Gasteiger partial charge in [0.05, 0.1) is 11.4 Å². The second-order valence-electron chi connectivity index (χ2n) is 4.80. The van der Waals surface area contributed by atoms with E-state index in [1.54, 1.807) is 19.1 Å². The maximum atomic E-state index is 12.3. The first-order valence-corrected chi connectivity index (χ1v) is 6.87. The van der Waals surface area contributed by atoms with Gasteiger partial charge in [0.15, 0.2) is 5.92 Å². The highest BCUT2D eigenvalue weighted by atomic mass is 16.2. The van der Waals surface area contributed by atoms with Crippen molar-refractivity contribution in [2.75, 3.05) is 11.6 Å². The summed E-state index contributed by atoms with van der Waals surface area (Å²) >= 11 is 0. The summed E-state index contributed by atoms with van der Waals surface area (Å²) in [5.74, 6) is -1.35. The molecule has 1 heterocycles. The van der Waals surface area contributed by atoms with Crippen LogP contribution >= 0.6 is 0 Å². The first-order valence-electron chi connectivity index (χ1n) is 6.87. The Kier molecular flexibility index (Phi) is 4.50. The van der Waals surface area contributed by atoms with Crippen LogP contribution in [0.3, 0.4) is 0 Å². The predicted octanol–water partition coefficient (Wildman–Crippen LogP) is 1.94. The second kappa shape index (κ2) is 6.32. The summed E-state index contributed by atoms with van der Waals surface area (Å²) in [6.07, 6.45) is 1.91. The summed E-state index contributed by atoms with van der Waals surface area (Å²) in [5.41, 5.74) is 1.22. The van der Waals surface area contributed by atoms with Crippen molar-refractivity contribution in [1.29, 1.82) is 0 Å². The lowest BCUT2D eigenvalue weighted by atomic mass is 10.0. The topological polar surface area (TPSA) is 61.8 Å². The Balaban J connectivity index is 2.09. The molecule has 0 bridgehead atoms. The van der Waals surface area contributed by atoms with Crippen LogP contribution < -0.4 is 10.3 Å². The summed E-state index contributed by atoms with van der Waals surface area (Å²) in [6.45, 7) is 4.36. The van der Waals surface area contributed by atoms with E-state index < -0.39 is 5.92 Å². The fourth-order valence-corrected chi connectivity index (χ4v) is 2.11. The first kappa shape index (κ1) is 14.2. The van der Waals surface area contributed by atoms with Crippen LogP contribution in [0.1, 0.15) is 26.7 Å². The third-order valence-corrected chi connectivity index (χ3v) is 3.22. The quantitative estimate of drug-likeness (QED) is 0.658. The molecule has 2 rings (SSSR count). The molecule has 0 spiro atoms. The maximum absolute atomic E-state index is 12.3. The van der Waals surface area contributed by atoms with Crippen molar-refractivity contribution in [2.45, 2.75) is 26.7 Å². The monoisotopic (exact) mass is 273 g/mol. The lowest BCUT2D eigenvalue weighted by Crippen LogP contribution is -2.40. The molecule has 20 heavy (non-hydrogen) atoms. The molecule has 0 aliphatic carbocycles. The zero-order valence-corrected chi connectivity index (χ0v) is 11.8. The number of hydrogen-bond acceptors (Lipinski definition) is 3. The molecular weight excluding hydrogens is 254 g/mol. The van der Waals surface area contributed by atoms with Gasteiger partial charge in [-0.2, -0.15) is 10.1 Å². The number of anilines is 1. The lowest BCUT2D eigenvalue weighted by molar-refractivity contribution is -0.130. The van der Waals surface area contributed by atoms with Gasteiger partial charge in [0.1, 0.15) is 0 Å². The Bertz CT molecular complexity index is 525. The van der Waals surface area contributed by atoms with Crippen molar-refractivity contribution in [2.24, 2.45) is 11.0 Å². The van der Waals surface area contributed by atoms with E-state index in [0.29, 0.717) is 17.9 Å². The van der Waals surface area contributed by atoms with Gasteiger partial charge in [0, 0.05) is 6.54 Å². The molecule has 1 aliphatic heterocycles. The van der Waals surface area contributed by atoms with Crippen LogP contribution in [0, 0.1) is 5.92 Å². The maximum Gasteiger partial charge on any atom is 0.265 e. The van der Waals surface area contributed by atoms with Gasteiger partial charge in [-0.15, -0.1) is 0 Å². The smallest absolute Gasteiger partial charge is 0.265 e. The van der Waals surface area contributed by atoms with Crippen LogP contribution in [0.25, 0.3) is 0 Å². The molecule has 1 atom stereocenters. The van der Waals surface area contributed by atoms with E-state index in [-0.39, 0.29) is 11.8 Å². The van der Waals surface area contributed by atoms with Crippen molar-refractivity contribution in [3.05, 3.63) is 30.3 Å². The highest BCUT2D eigenvalue weighted by Gasteiger charge is 2.39. The van der Waals surface area contributed by atoms with Crippen molar-refractivity contribution in [3.63, 3.8) is 0 Å². The molecule has 1 N–H and O–H groups in total. The van der Waals surface area contributed by atoms with Gasteiger partial charge in [0.2, 0.25) is 5.91 Å². The summed E-state index contributed by atoms with van der Waals surface area (Å²) in [5, 5.41) is 8.31. The van der Waals surface area contributed by atoms with Crippen LogP contribution in [0.4, 0.5) is 5.69 Å². The highest BCUT2D eigenvalue weighted by molar-refractivity contribution is 6.26. The fourth-order valence-electron chi connectivity index (χ4n) is 2.11. The second-order valence-corrected chi connectivity index (χ2v) is 4.80. The number of carbonyl (C=O) groups excluding carboxylic acids is 2. The molecular formula is C15H19N3O2. The molecule has 1 aromatic rings. The molecule has 0 radical (unpaired) electrons. The Morgan fingerprint density at radius 3 is 2.70 bits per heavy atom. The summed E-state index contributed by atoms with van der Waals surface area (Å²) in [6, 6.07) is 9.14. The summed E-state index contributed by atoms with van der Waals surface area (Å²) in [4.78, 5) is 24.4.